The molecule has 0 aliphatic rings. The van der Waals surface area contributed by atoms with E-state index in [9.17, 15) is 9.59 Å². The van der Waals surface area contributed by atoms with Crippen molar-refractivity contribution in [3.63, 3.8) is 0 Å². The summed E-state index contributed by atoms with van der Waals surface area (Å²) in [6, 6.07) is 11.2. The molecule has 1 N–H and O–H groups in total. The molecule has 20 heavy (non-hydrogen) atoms. The lowest BCUT2D eigenvalue weighted by Gasteiger charge is -2.06. The van der Waals surface area contributed by atoms with Gasteiger partial charge in [0.05, 0.1) is 6.42 Å². The predicted molar refractivity (Wildman–Crippen MR) is 78.8 cm³/mol. The summed E-state index contributed by atoms with van der Waals surface area (Å²) in [7, 11) is 0. The summed E-state index contributed by atoms with van der Waals surface area (Å²) >= 11 is 1.49. The number of ether oxygens (including phenoxy) is 1. The second kappa shape index (κ2) is 6.86. The quantitative estimate of drug-likeness (QED) is 0.861. The minimum Gasteiger partial charge on any atom is -0.455 e. The summed E-state index contributed by atoms with van der Waals surface area (Å²) in [6.07, 6.45) is 0.204. The molecule has 2 rings (SSSR count). The molecule has 1 heterocycles. The van der Waals surface area contributed by atoms with Gasteiger partial charge in [-0.2, -0.15) is 0 Å². The van der Waals surface area contributed by atoms with Crippen LogP contribution in [0.4, 0.5) is 5.69 Å². The summed E-state index contributed by atoms with van der Waals surface area (Å²) in [5.41, 5.74) is 1.75. The highest BCUT2D eigenvalue weighted by Crippen LogP contribution is 2.10. The van der Waals surface area contributed by atoms with E-state index in [1.165, 1.54) is 11.3 Å². The molecule has 0 saturated heterocycles. The highest BCUT2D eigenvalue weighted by atomic mass is 32.1. The molecule has 5 heteroatoms. The van der Waals surface area contributed by atoms with Gasteiger partial charge in [0.2, 0.25) is 0 Å². The maximum atomic E-state index is 11.6. The highest BCUT2D eigenvalue weighted by Gasteiger charge is 2.09. The van der Waals surface area contributed by atoms with Gasteiger partial charge in [0.1, 0.15) is 0 Å². The number of carbonyl (C=O) groups excluding carboxylic acids is 2. The van der Waals surface area contributed by atoms with Gasteiger partial charge in [0, 0.05) is 10.6 Å². The Labute approximate surface area is 121 Å². The fourth-order valence-corrected chi connectivity index (χ4v) is 2.36. The van der Waals surface area contributed by atoms with Crippen LogP contribution in [0, 0.1) is 6.92 Å². The van der Waals surface area contributed by atoms with Crippen LogP contribution in [0.15, 0.2) is 41.8 Å². The number of benzene rings is 1. The highest BCUT2D eigenvalue weighted by molar-refractivity contribution is 7.10. The van der Waals surface area contributed by atoms with Crippen molar-refractivity contribution in [3.05, 3.63) is 52.2 Å². The molecular formula is C15H15NO3S. The van der Waals surface area contributed by atoms with E-state index >= 15 is 0 Å². The van der Waals surface area contributed by atoms with Crippen molar-refractivity contribution < 1.29 is 14.3 Å². The third-order valence-electron chi connectivity index (χ3n) is 2.56. The zero-order valence-corrected chi connectivity index (χ0v) is 11.9. The standard InChI is InChI=1S/C15H15NO3S/c1-11-4-2-5-12(8-11)16-14(17)10-19-15(18)9-13-6-3-7-20-13/h2-8H,9-10H2,1H3,(H,16,17). The molecule has 0 radical (unpaired) electrons. The Bertz CT molecular complexity index is 593. The van der Waals surface area contributed by atoms with Crippen molar-refractivity contribution in [2.24, 2.45) is 0 Å². The van der Waals surface area contributed by atoms with Gasteiger partial charge in [-0.3, -0.25) is 9.59 Å². The number of nitrogens with one attached hydrogen (secondary N) is 1. The molecule has 0 bridgehead atoms. The lowest BCUT2D eigenvalue weighted by molar-refractivity contribution is -0.146. The fourth-order valence-electron chi connectivity index (χ4n) is 1.67. The summed E-state index contributed by atoms with van der Waals surface area (Å²) < 4.78 is 4.94. The summed E-state index contributed by atoms with van der Waals surface area (Å²) in [4.78, 5) is 24.1. The van der Waals surface area contributed by atoms with Crippen LogP contribution in [-0.4, -0.2) is 18.5 Å². The Hall–Kier alpha value is -2.14. The second-order valence-electron chi connectivity index (χ2n) is 4.33. The Morgan fingerprint density at radius 1 is 1.25 bits per heavy atom. The van der Waals surface area contributed by atoms with Gasteiger partial charge in [-0.15, -0.1) is 11.3 Å². The zero-order chi connectivity index (χ0) is 14.4. The first-order valence-electron chi connectivity index (χ1n) is 6.18. The number of hydrogen-bond donors (Lipinski definition) is 1. The minimum absolute atomic E-state index is 0.204. The SMILES string of the molecule is Cc1cccc(NC(=O)COC(=O)Cc2cccs2)c1. The number of esters is 1. The molecule has 0 saturated carbocycles. The molecule has 1 aromatic heterocycles. The smallest absolute Gasteiger partial charge is 0.311 e. The summed E-state index contributed by atoms with van der Waals surface area (Å²) in [6.45, 7) is 1.68. The maximum Gasteiger partial charge on any atom is 0.311 e. The maximum absolute atomic E-state index is 11.6. The largest absolute Gasteiger partial charge is 0.455 e. The zero-order valence-electron chi connectivity index (χ0n) is 11.1. The number of aryl methyl sites for hydroxylation is 1. The molecule has 0 fully saturated rings. The van der Waals surface area contributed by atoms with Crippen LogP contribution in [-0.2, 0) is 20.7 Å². The van der Waals surface area contributed by atoms with E-state index in [0.29, 0.717) is 5.69 Å². The van der Waals surface area contributed by atoms with E-state index in [2.05, 4.69) is 5.32 Å². The fraction of sp³-hybridized carbons (Fsp3) is 0.200. The molecule has 0 spiro atoms. The lowest BCUT2D eigenvalue weighted by Crippen LogP contribution is -2.21. The first-order chi connectivity index (χ1) is 9.63. The van der Waals surface area contributed by atoms with E-state index < -0.39 is 5.97 Å². The molecule has 0 aliphatic carbocycles. The first-order valence-corrected chi connectivity index (χ1v) is 7.06. The first kappa shape index (κ1) is 14.3. The average molecular weight is 289 g/mol. The van der Waals surface area contributed by atoms with Gasteiger partial charge in [0.15, 0.2) is 6.61 Å². The van der Waals surface area contributed by atoms with Crippen molar-refractivity contribution in [1.29, 1.82) is 0 Å². The van der Waals surface area contributed by atoms with E-state index in [4.69, 9.17) is 4.74 Å². The molecule has 1 amide bonds. The van der Waals surface area contributed by atoms with E-state index in [1.807, 2.05) is 42.6 Å². The lowest BCUT2D eigenvalue weighted by atomic mass is 10.2. The molecule has 104 valence electrons. The van der Waals surface area contributed by atoms with Crippen molar-refractivity contribution in [3.8, 4) is 0 Å². The summed E-state index contributed by atoms with van der Waals surface area (Å²) in [5.74, 6) is -0.734. The monoisotopic (exact) mass is 289 g/mol. The van der Waals surface area contributed by atoms with Crippen molar-refractivity contribution >= 4 is 28.9 Å². The van der Waals surface area contributed by atoms with Crippen molar-refractivity contribution in [2.45, 2.75) is 13.3 Å². The topological polar surface area (TPSA) is 55.4 Å². The number of anilines is 1. The number of thiophene rings is 1. The minimum atomic E-state index is -0.396. The van der Waals surface area contributed by atoms with Crippen LogP contribution in [0.1, 0.15) is 10.4 Å². The van der Waals surface area contributed by atoms with Gasteiger partial charge in [-0.25, -0.2) is 0 Å². The third-order valence-corrected chi connectivity index (χ3v) is 3.44. The Kier molecular flexibility index (Phi) is 4.90. The van der Waals surface area contributed by atoms with Crippen LogP contribution in [0.3, 0.4) is 0 Å². The summed E-state index contributed by atoms with van der Waals surface area (Å²) in [5, 5.41) is 4.58. The molecule has 0 unspecified atom stereocenters. The van der Waals surface area contributed by atoms with Gasteiger partial charge < -0.3 is 10.1 Å². The Morgan fingerprint density at radius 2 is 2.10 bits per heavy atom. The van der Waals surface area contributed by atoms with Crippen LogP contribution >= 0.6 is 11.3 Å². The Balaban J connectivity index is 1.76. The van der Waals surface area contributed by atoms with Crippen LogP contribution in [0.5, 0.6) is 0 Å². The molecule has 2 aromatic rings. The van der Waals surface area contributed by atoms with Gasteiger partial charge in [0.25, 0.3) is 5.91 Å². The molecule has 0 atom stereocenters. The molecular weight excluding hydrogens is 274 g/mol. The molecule has 0 aliphatic heterocycles. The molecule has 1 aromatic carbocycles. The normalized spacial score (nSPS) is 10.1. The van der Waals surface area contributed by atoms with Crippen molar-refractivity contribution in [1.82, 2.24) is 0 Å². The third kappa shape index (κ3) is 4.51. The van der Waals surface area contributed by atoms with E-state index in [-0.39, 0.29) is 18.9 Å². The van der Waals surface area contributed by atoms with E-state index in [1.54, 1.807) is 6.07 Å². The average Bonchev–Trinajstić information content (AvgIpc) is 2.89. The van der Waals surface area contributed by atoms with E-state index in [0.717, 1.165) is 10.4 Å². The molecule has 4 nitrogen and oxygen atoms in total. The predicted octanol–water partition coefficient (Wildman–Crippen LogP) is 2.78. The van der Waals surface area contributed by atoms with Gasteiger partial charge in [-0.1, -0.05) is 18.2 Å². The van der Waals surface area contributed by atoms with Crippen LogP contribution in [0.25, 0.3) is 0 Å². The van der Waals surface area contributed by atoms with Crippen molar-refractivity contribution in [2.75, 3.05) is 11.9 Å². The van der Waals surface area contributed by atoms with Crippen LogP contribution < -0.4 is 5.32 Å². The number of rotatable bonds is 5. The second-order valence-corrected chi connectivity index (χ2v) is 5.37. The van der Waals surface area contributed by atoms with Gasteiger partial charge >= 0.3 is 5.97 Å². The number of amides is 1. The number of carbonyl (C=O) groups is 2. The number of hydrogen-bond acceptors (Lipinski definition) is 4. The van der Waals surface area contributed by atoms with Crippen LogP contribution in [0.2, 0.25) is 0 Å². The van der Waals surface area contributed by atoms with Gasteiger partial charge in [-0.05, 0) is 36.1 Å². The Morgan fingerprint density at radius 3 is 2.80 bits per heavy atom.